The molecule has 9 heteroatoms. The highest BCUT2D eigenvalue weighted by molar-refractivity contribution is 5.89. The molecule has 9 nitrogen and oxygen atoms in total. The van der Waals surface area contributed by atoms with Crippen molar-refractivity contribution in [2.45, 2.75) is 18.8 Å². The minimum absolute atomic E-state index is 0.0461. The molecule has 0 aliphatic heterocycles. The van der Waals surface area contributed by atoms with Crippen molar-refractivity contribution in [1.82, 2.24) is 4.90 Å². The molecule has 0 amide bonds. The van der Waals surface area contributed by atoms with Crippen molar-refractivity contribution in [3.05, 3.63) is 48.0 Å². The molecule has 1 aromatic carbocycles. The fourth-order valence-corrected chi connectivity index (χ4v) is 3.30. The number of aliphatic carboxylic acids is 2. The molecule has 1 aliphatic carbocycles. The lowest BCUT2D eigenvalue weighted by atomic mass is 9.93. The van der Waals surface area contributed by atoms with Gasteiger partial charge in [0.2, 0.25) is 0 Å². The zero-order chi connectivity index (χ0) is 22.6. The summed E-state index contributed by atoms with van der Waals surface area (Å²) < 4.78 is 5.30. The summed E-state index contributed by atoms with van der Waals surface area (Å²) in [7, 11) is 0. The summed E-state index contributed by atoms with van der Waals surface area (Å²) in [5.41, 5.74) is 0.423. The molecule has 1 aliphatic rings. The SMILES string of the molecule is CCOC(=O)[C@@]1(c2ccccc2)CC1CN(CCO)CCO.O=C(O)/C=C\C(=O)O. The topological polar surface area (TPSA) is 145 Å². The van der Waals surface area contributed by atoms with Gasteiger partial charge in [0.05, 0.1) is 25.2 Å². The van der Waals surface area contributed by atoms with Gasteiger partial charge in [-0.05, 0) is 24.8 Å². The highest BCUT2D eigenvalue weighted by Gasteiger charge is 2.62. The summed E-state index contributed by atoms with van der Waals surface area (Å²) in [6.07, 6.45) is 1.87. The van der Waals surface area contributed by atoms with Crippen LogP contribution in [0.25, 0.3) is 0 Å². The van der Waals surface area contributed by atoms with E-state index in [-0.39, 0.29) is 25.1 Å². The Morgan fingerprint density at radius 1 is 1.07 bits per heavy atom. The van der Waals surface area contributed by atoms with E-state index in [1.54, 1.807) is 0 Å². The molecule has 166 valence electrons. The van der Waals surface area contributed by atoms with Crippen molar-refractivity contribution >= 4 is 17.9 Å². The van der Waals surface area contributed by atoms with E-state index in [0.717, 1.165) is 12.0 Å². The summed E-state index contributed by atoms with van der Waals surface area (Å²) in [4.78, 5) is 33.6. The zero-order valence-corrected chi connectivity index (χ0v) is 16.9. The third kappa shape index (κ3) is 7.58. The highest BCUT2D eigenvalue weighted by atomic mass is 16.5. The first-order valence-corrected chi connectivity index (χ1v) is 9.62. The molecule has 1 fully saturated rings. The average Bonchev–Trinajstić information content (AvgIpc) is 3.43. The quantitative estimate of drug-likeness (QED) is 0.295. The van der Waals surface area contributed by atoms with Gasteiger partial charge < -0.3 is 25.2 Å². The molecule has 1 aromatic rings. The van der Waals surface area contributed by atoms with Crippen molar-refractivity contribution in [3.8, 4) is 0 Å². The number of rotatable bonds is 11. The van der Waals surface area contributed by atoms with Crippen LogP contribution in [0.1, 0.15) is 18.9 Å². The van der Waals surface area contributed by atoms with Gasteiger partial charge in [0.15, 0.2) is 0 Å². The summed E-state index contributed by atoms with van der Waals surface area (Å²) in [6, 6.07) is 9.75. The lowest BCUT2D eigenvalue weighted by molar-refractivity contribution is -0.146. The van der Waals surface area contributed by atoms with E-state index in [2.05, 4.69) is 0 Å². The molecule has 1 saturated carbocycles. The maximum atomic E-state index is 12.5. The van der Waals surface area contributed by atoms with E-state index in [9.17, 15) is 14.4 Å². The number of carboxylic acids is 2. The van der Waals surface area contributed by atoms with Crippen molar-refractivity contribution in [2.24, 2.45) is 5.92 Å². The van der Waals surface area contributed by atoms with Crippen LogP contribution in [-0.2, 0) is 24.5 Å². The molecular weight excluding hydrogens is 394 g/mol. The fraction of sp³-hybridized carbons (Fsp3) is 0.476. The minimum atomic E-state index is -1.26. The van der Waals surface area contributed by atoms with E-state index >= 15 is 0 Å². The van der Waals surface area contributed by atoms with Gasteiger partial charge in [-0.1, -0.05) is 30.3 Å². The number of nitrogens with zero attached hydrogens (tertiary/aromatic N) is 1. The molecule has 30 heavy (non-hydrogen) atoms. The second kappa shape index (κ2) is 12.7. The molecule has 0 saturated heterocycles. The summed E-state index contributed by atoms with van der Waals surface area (Å²) in [5, 5.41) is 33.9. The molecule has 0 radical (unpaired) electrons. The normalized spacial score (nSPS) is 19.8. The van der Waals surface area contributed by atoms with Gasteiger partial charge in [-0.15, -0.1) is 0 Å². The third-order valence-corrected chi connectivity index (χ3v) is 4.71. The van der Waals surface area contributed by atoms with Gasteiger partial charge in [-0.25, -0.2) is 9.59 Å². The molecule has 0 bridgehead atoms. The first-order chi connectivity index (χ1) is 14.3. The second-order valence-electron chi connectivity index (χ2n) is 6.72. The number of carboxylic acid groups (broad SMARTS) is 2. The smallest absolute Gasteiger partial charge is 0.328 e. The van der Waals surface area contributed by atoms with Gasteiger partial charge in [0.1, 0.15) is 0 Å². The fourth-order valence-electron chi connectivity index (χ4n) is 3.30. The standard InChI is InChI=1S/C17H25NO4.C4H4O4/c1-2-22-16(21)17(14-6-4-3-5-7-14)12-15(17)13-18(8-10-19)9-11-20;5-3(6)1-2-4(7)8/h3-7,15,19-20H,2,8-13H2,1H3;1-2H,(H,5,6)(H,7,8)/b;2-1-/t15?,17-;/m1./s1. The summed E-state index contributed by atoms with van der Waals surface area (Å²) in [6.45, 7) is 3.97. The van der Waals surface area contributed by atoms with E-state index in [0.29, 0.717) is 38.4 Å². The Morgan fingerprint density at radius 3 is 2.03 bits per heavy atom. The lowest BCUT2D eigenvalue weighted by Gasteiger charge is -2.23. The van der Waals surface area contributed by atoms with E-state index in [1.807, 2.05) is 42.2 Å². The van der Waals surface area contributed by atoms with Crippen molar-refractivity contribution in [3.63, 3.8) is 0 Å². The van der Waals surface area contributed by atoms with Crippen molar-refractivity contribution in [2.75, 3.05) is 39.5 Å². The molecular formula is C21H29NO8. The number of benzene rings is 1. The number of esters is 1. The zero-order valence-electron chi connectivity index (χ0n) is 16.9. The number of hydrogen-bond donors (Lipinski definition) is 4. The average molecular weight is 423 g/mol. The molecule has 2 rings (SSSR count). The van der Waals surface area contributed by atoms with Gasteiger partial charge in [0.25, 0.3) is 0 Å². The van der Waals surface area contributed by atoms with E-state index in [4.69, 9.17) is 25.2 Å². The summed E-state index contributed by atoms with van der Waals surface area (Å²) in [5.74, 6) is -2.52. The van der Waals surface area contributed by atoms with Crippen LogP contribution in [0, 0.1) is 5.92 Å². The van der Waals surface area contributed by atoms with Crippen LogP contribution in [0.4, 0.5) is 0 Å². The maximum Gasteiger partial charge on any atom is 0.328 e. The largest absolute Gasteiger partial charge is 0.478 e. The summed E-state index contributed by atoms with van der Waals surface area (Å²) >= 11 is 0. The molecule has 0 spiro atoms. The Morgan fingerprint density at radius 2 is 1.60 bits per heavy atom. The Kier molecular flexibility index (Phi) is 10.7. The van der Waals surface area contributed by atoms with Crippen LogP contribution in [0.15, 0.2) is 42.5 Å². The minimum Gasteiger partial charge on any atom is -0.478 e. The van der Waals surface area contributed by atoms with Gasteiger partial charge >= 0.3 is 17.9 Å². The van der Waals surface area contributed by atoms with Gasteiger partial charge in [0, 0.05) is 31.8 Å². The van der Waals surface area contributed by atoms with Gasteiger partial charge in [-0.3, -0.25) is 9.69 Å². The van der Waals surface area contributed by atoms with Crippen LogP contribution >= 0.6 is 0 Å². The number of aliphatic hydroxyl groups excluding tert-OH is 2. The van der Waals surface area contributed by atoms with Crippen molar-refractivity contribution < 1.29 is 39.5 Å². The molecule has 4 N–H and O–H groups in total. The molecule has 0 aromatic heterocycles. The van der Waals surface area contributed by atoms with Crippen LogP contribution in [0.2, 0.25) is 0 Å². The molecule has 1 unspecified atom stereocenters. The number of aliphatic hydroxyl groups is 2. The monoisotopic (exact) mass is 423 g/mol. The third-order valence-electron chi connectivity index (χ3n) is 4.71. The predicted molar refractivity (Wildman–Crippen MR) is 108 cm³/mol. The predicted octanol–water partition coefficient (Wildman–Crippen LogP) is 0.506. The number of carbonyl (C=O) groups is 3. The van der Waals surface area contributed by atoms with Crippen LogP contribution in [0.3, 0.4) is 0 Å². The second-order valence-corrected chi connectivity index (χ2v) is 6.72. The molecule has 2 atom stereocenters. The lowest BCUT2D eigenvalue weighted by Crippen LogP contribution is -2.35. The Labute approximate surface area is 175 Å². The van der Waals surface area contributed by atoms with Crippen LogP contribution in [-0.4, -0.2) is 82.7 Å². The van der Waals surface area contributed by atoms with E-state index in [1.165, 1.54) is 0 Å². The highest BCUT2D eigenvalue weighted by Crippen LogP contribution is 2.55. The molecule has 0 heterocycles. The number of ether oxygens (including phenoxy) is 1. The van der Waals surface area contributed by atoms with Crippen LogP contribution < -0.4 is 0 Å². The van der Waals surface area contributed by atoms with Crippen LogP contribution in [0.5, 0.6) is 0 Å². The number of carbonyl (C=O) groups excluding carboxylic acids is 1. The number of hydrogen-bond acceptors (Lipinski definition) is 7. The first kappa shape index (κ1) is 25.3. The van der Waals surface area contributed by atoms with Gasteiger partial charge in [-0.2, -0.15) is 0 Å². The Hall–Kier alpha value is -2.75. The Balaban J connectivity index is 0.000000479. The Bertz CT molecular complexity index is 699. The maximum absolute atomic E-state index is 12.5. The van der Waals surface area contributed by atoms with E-state index < -0.39 is 17.4 Å². The van der Waals surface area contributed by atoms with Crippen molar-refractivity contribution in [1.29, 1.82) is 0 Å². The first-order valence-electron chi connectivity index (χ1n) is 9.62.